The Morgan fingerprint density at radius 1 is 1.17 bits per heavy atom. The summed E-state index contributed by atoms with van der Waals surface area (Å²) in [5.41, 5.74) is -2.30. The number of phenolic OH excluding ortho intramolecular Hbond substituents is 2. The summed E-state index contributed by atoms with van der Waals surface area (Å²) in [6.45, 7) is 4.78. The Morgan fingerprint density at radius 3 is 2.39 bits per heavy atom. The van der Waals surface area contributed by atoms with Gasteiger partial charge in [0.05, 0.1) is 11.5 Å². The van der Waals surface area contributed by atoms with Crippen LogP contribution in [0.15, 0.2) is 18.2 Å². The fourth-order valence-electron chi connectivity index (χ4n) is 3.71. The number of fused-ring (bicyclic) bond motifs is 1. The number of phenols is 2. The van der Waals surface area contributed by atoms with Gasteiger partial charge in [0.15, 0.2) is 11.5 Å². The molecule has 2 aromatic rings. The molecular formula is C22H22BClF2N2O8. The van der Waals surface area contributed by atoms with E-state index in [-0.39, 0.29) is 17.7 Å². The van der Waals surface area contributed by atoms with Gasteiger partial charge in [-0.1, -0.05) is 38.4 Å². The van der Waals surface area contributed by atoms with Crippen LogP contribution in [0, 0.1) is 17.0 Å². The maximum atomic E-state index is 14.3. The first-order valence-corrected chi connectivity index (χ1v) is 10.9. The summed E-state index contributed by atoms with van der Waals surface area (Å²) in [6.07, 6.45) is -0.125. The van der Waals surface area contributed by atoms with Crippen molar-refractivity contribution in [3.05, 3.63) is 51.5 Å². The van der Waals surface area contributed by atoms with Gasteiger partial charge in [-0.25, -0.2) is 13.6 Å². The van der Waals surface area contributed by atoms with E-state index in [0.29, 0.717) is 6.07 Å². The van der Waals surface area contributed by atoms with E-state index in [4.69, 9.17) is 16.3 Å². The molecule has 10 nitrogen and oxygen atoms in total. The molecule has 192 valence electrons. The molecule has 2 atom stereocenters. The number of carbonyl (C=O) groups excluding carboxylic acids is 2. The van der Waals surface area contributed by atoms with Crippen molar-refractivity contribution in [2.75, 3.05) is 0 Å². The molecule has 1 aliphatic heterocycles. The van der Waals surface area contributed by atoms with Gasteiger partial charge in [-0.15, -0.1) is 0 Å². The summed E-state index contributed by atoms with van der Waals surface area (Å²) in [5.74, 6) is -9.14. The van der Waals surface area contributed by atoms with Gasteiger partial charge in [-0.05, 0) is 23.5 Å². The molecule has 2 aromatic carbocycles. The number of carbonyl (C=O) groups is 3. The number of halogens is 3. The molecule has 1 heterocycles. The van der Waals surface area contributed by atoms with E-state index >= 15 is 0 Å². The van der Waals surface area contributed by atoms with Crippen LogP contribution in [0.25, 0.3) is 0 Å². The van der Waals surface area contributed by atoms with Crippen LogP contribution in [0.4, 0.5) is 8.78 Å². The lowest BCUT2D eigenvalue weighted by atomic mass is 9.71. The van der Waals surface area contributed by atoms with Crippen LogP contribution in [0.1, 0.15) is 47.1 Å². The number of hydrogen-bond acceptors (Lipinski definition) is 7. The molecular weight excluding hydrogens is 505 g/mol. The maximum Gasteiger partial charge on any atom is 0.547 e. The number of rotatable bonds is 5. The van der Waals surface area contributed by atoms with Gasteiger partial charge in [0.25, 0.3) is 5.91 Å². The van der Waals surface area contributed by atoms with Crippen LogP contribution in [0.2, 0.25) is 5.02 Å². The number of amides is 2. The second kappa shape index (κ2) is 9.82. The normalized spacial score (nSPS) is 16.0. The van der Waals surface area contributed by atoms with Crippen LogP contribution in [-0.4, -0.2) is 57.2 Å². The van der Waals surface area contributed by atoms with Crippen LogP contribution in [0.3, 0.4) is 0 Å². The average Bonchev–Trinajstić information content (AvgIpc) is 2.75. The molecule has 2 amide bonds. The minimum atomic E-state index is -1.75. The van der Waals surface area contributed by atoms with Crippen LogP contribution in [0.5, 0.6) is 17.2 Å². The Bertz CT molecular complexity index is 1250. The Kier molecular flexibility index (Phi) is 7.37. The van der Waals surface area contributed by atoms with Gasteiger partial charge in [-0.3, -0.25) is 9.59 Å². The third-order valence-electron chi connectivity index (χ3n) is 5.56. The topological polar surface area (TPSA) is 165 Å². The van der Waals surface area contributed by atoms with Crippen molar-refractivity contribution >= 4 is 36.5 Å². The third kappa shape index (κ3) is 5.16. The van der Waals surface area contributed by atoms with E-state index in [1.165, 1.54) is 6.07 Å². The Labute approximate surface area is 209 Å². The zero-order chi connectivity index (χ0) is 27.1. The zero-order valence-corrected chi connectivity index (χ0v) is 20.0. The SMILES string of the molecule is CC(C)(C)C(NC(=O)c1c(F)cc(O)c(O)c1Cl)C(=O)N[C@H]1Cc2ccc(F)c(C(=O)O)c2OB1O. The fraction of sp³-hybridized carbons (Fsp3) is 0.318. The minimum Gasteiger partial charge on any atom is -0.534 e. The van der Waals surface area contributed by atoms with Gasteiger partial charge >= 0.3 is 13.1 Å². The van der Waals surface area contributed by atoms with Crippen molar-refractivity contribution in [1.29, 1.82) is 0 Å². The molecule has 0 bridgehead atoms. The summed E-state index contributed by atoms with van der Waals surface area (Å²) < 4.78 is 33.5. The average molecular weight is 527 g/mol. The van der Waals surface area contributed by atoms with Crippen LogP contribution in [-0.2, 0) is 11.2 Å². The first kappa shape index (κ1) is 27.0. The molecule has 3 rings (SSSR count). The smallest absolute Gasteiger partial charge is 0.534 e. The molecule has 0 fully saturated rings. The van der Waals surface area contributed by atoms with Crippen molar-refractivity contribution in [2.24, 2.45) is 5.41 Å². The highest BCUT2D eigenvalue weighted by molar-refractivity contribution is 6.47. The molecule has 36 heavy (non-hydrogen) atoms. The van der Waals surface area contributed by atoms with Crippen molar-refractivity contribution in [3.63, 3.8) is 0 Å². The van der Waals surface area contributed by atoms with E-state index in [2.05, 4.69) is 10.6 Å². The predicted octanol–water partition coefficient (Wildman–Crippen LogP) is 2.01. The fourth-order valence-corrected chi connectivity index (χ4v) is 3.98. The Morgan fingerprint density at radius 2 is 1.81 bits per heavy atom. The van der Waals surface area contributed by atoms with Gasteiger partial charge in [-0.2, -0.15) is 0 Å². The molecule has 0 radical (unpaired) electrons. The molecule has 0 aliphatic carbocycles. The Hall–Kier alpha value is -3.58. The number of benzene rings is 2. The summed E-state index contributed by atoms with van der Waals surface area (Å²) in [4.78, 5) is 37.3. The first-order chi connectivity index (χ1) is 16.6. The van der Waals surface area contributed by atoms with E-state index in [1.807, 2.05) is 0 Å². The Balaban J connectivity index is 1.85. The van der Waals surface area contributed by atoms with Crippen LogP contribution >= 0.6 is 11.6 Å². The summed E-state index contributed by atoms with van der Waals surface area (Å²) in [7, 11) is -1.75. The highest BCUT2D eigenvalue weighted by atomic mass is 35.5. The number of aromatic carboxylic acids is 1. The quantitative estimate of drug-likeness (QED) is 0.254. The van der Waals surface area contributed by atoms with Crippen molar-refractivity contribution < 1.29 is 48.2 Å². The highest BCUT2D eigenvalue weighted by Gasteiger charge is 2.42. The number of nitrogens with one attached hydrogen (secondary N) is 2. The molecule has 0 spiro atoms. The van der Waals surface area contributed by atoms with Crippen molar-refractivity contribution in [2.45, 2.75) is 39.2 Å². The lowest BCUT2D eigenvalue weighted by Gasteiger charge is -2.34. The number of carboxylic acids is 1. The summed E-state index contributed by atoms with van der Waals surface area (Å²) >= 11 is 5.82. The molecule has 1 aliphatic rings. The number of hydrogen-bond donors (Lipinski definition) is 6. The predicted molar refractivity (Wildman–Crippen MR) is 123 cm³/mol. The molecule has 0 aromatic heterocycles. The molecule has 0 saturated carbocycles. The third-order valence-corrected chi connectivity index (χ3v) is 5.92. The van der Waals surface area contributed by atoms with Gasteiger partial charge in [0.2, 0.25) is 5.91 Å². The number of carboxylic acid groups (broad SMARTS) is 1. The monoisotopic (exact) mass is 526 g/mol. The standard InChI is InChI=1S/C22H22BClF2N2O8/c1-22(2,3)18(28-19(31)13-10(26)7-11(29)16(30)15(13)24)20(32)27-12-6-8-4-5-9(25)14(21(33)34)17(8)36-23(12)35/h4-5,7,12,18,29-30,35H,6H2,1-3H3,(H,27,32)(H,28,31)(H,33,34)/t12-,18?/m0/s1. The van der Waals surface area contributed by atoms with Gasteiger partial charge < -0.3 is 35.6 Å². The number of aromatic hydroxyl groups is 2. The highest BCUT2D eigenvalue weighted by Crippen LogP contribution is 2.37. The second-order valence-corrected chi connectivity index (χ2v) is 9.61. The van der Waals surface area contributed by atoms with Crippen molar-refractivity contribution in [3.8, 4) is 17.2 Å². The van der Waals surface area contributed by atoms with Crippen molar-refractivity contribution in [1.82, 2.24) is 10.6 Å². The first-order valence-electron chi connectivity index (χ1n) is 10.5. The zero-order valence-electron chi connectivity index (χ0n) is 19.2. The molecule has 6 N–H and O–H groups in total. The van der Waals surface area contributed by atoms with E-state index in [9.17, 15) is 43.5 Å². The maximum absolute atomic E-state index is 14.3. The molecule has 0 saturated heterocycles. The lowest BCUT2D eigenvalue weighted by molar-refractivity contribution is -0.125. The molecule has 14 heteroatoms. The summed E-state index contributed by atoms with van der Waals surface area (Å²) in [6, 6.07) is 1.34. The van der Waals surface area contributed by atoms with E-state index in [0.717, 1.165) is 6.07 Å². The van der Waals surface area contributed by atoms with E-state index in [1.54, 1.807) is 20.8 Å². The largest absolute Gasteiger partial charge is 0.547 e. The van der Waals surface area contributed by atoms with E-state index < -0.39 is 81.6 Å². The van der Waals surface area contributed by atoms with Gasteiger partial charge in [0, 0.05) is 6.07 Å². The summed E-state index contributed by atoms with van der Waals surface area (Å²) in [5, 5.41) is 42.9. The second-order valence-electron chi connectivity index (χ2n) is 9.23. The minimum absolute atomic E-state index is 0.125. The molecule has 1 unspecified atom stereocenters. The van der Waals surface area contributed by atoms with Crippen LogP contribution < -0.4 is 15.3 Å². The lowest BCUT2D eigenvalue weighted by Crippen LogP contribution is -2.60. The van der Waals surface area contributed by atoms with Gasteiger partial charge in [0.1, 0.15) is 34.0 Å².